The van der Waals surface area contributed by atoms with E-state index < -0.39 is 11.6 Å². The largest absolute Gasteiger partial charge is 0.306 e. The molecule has 1 atom stereocenters. The van der Waals surface area contributed by atoms with Gasteiger partial charge in [0, 0.05) is 5.56 Å². The maximum atomic E-state index is 14.1. The van der Waals surface area contributed by atoms with Crippen molar-refractivity contribution < 1.29 is 8.78 Å². The van der Waals surface area contributed by atoms with Gasteiger partial charge in [0.1, 0.15) is 11.6 Å². The number of hydrogen-bond acceptors (Lipinski definition) is 1. The van der Waals surface area contributed by atoms with Crippen LogP contribution in [0.15, 0.2) is 46.9 Å². The molecule has 0 saturated carbocycles. The summed E-state index contributed by atoms with van der Waals surface area (Å²) >= 11 is 2.99. The van der Waals surface area contributed by atoms with E-state index in [0.717, 1.165) is 11.6 Å². The standard InChI is InChI=1S/C15H14BrF2N/c1-2-19-15(10-6-4-3-5-7-10)11-8-14(18)12(16)9-13(11)17/h3-9,15,19H,2H2,1H3. The van der Waals surface area contributed by atoms with Gasteiger partial charge in [0.25, 0.3) is 0 Å². The Morgan fingerprint density at radius 3 is 2.42 bits per heavy atom. The first-order valence-corrected chi connectivity index (χ1v) is 6.85. The Balaban J connectivity index is 2.48. The average Bonchev–Trinajstić information content (AvgIpc) is 2.42. The molecule has 0 aliphatic carbocycles. The van der Waals surface area contributed by atoms with Crippen molar-refractivity contribution in [3.63, 3.8) is 0 Å². The van der Waals surface area contributed by atoms with E-state index in [1.54, 1.807) is 0 Å². The van der Waals surface area contributed by atoms with Crippen LogP contribution in [0.5, 0.6) is 0 Å². The summed E-state index contributed by atoms with van der Waals surface area (Å²) < 4.78 is 27.8. The molecule has 0 saturated heterocycles. The normalized spacial score (nSPS) is 12.4. The fourth-order valence-corrected chi connectivity index (χ4v) is 2.33. The van der Waals surface area contributed by atoms with Crippen LogP contribution in [0.2, 0.25) is 0 Å². The number of benzene rings is 2. The highest BCUT2D eigenvalue weighted by molar-refractivity contribution is 9.10. The Labute approximate surface area is 119 Å². The van der Waals surface area contributed by atoms with Gasteiger partial charge in [-0.1, -0.05) is 37.3 Å². The first-order chi connectivity index (χ1) is 9.13. The minimum atomic E-state index is -0.463. The lowest BCUT2D eigenvalue weighted by Crippen LogP contribution is -2.23. The zero-order valence-electron chi connectivity index (χ0n) is 10.5. The Kier molecular flexibility index (Phi) is 4.66. The lowest BCUT2D eigenvalue weighted by Gasteiger charge is -2.20. The molecule has 1 nitrogen and oxygen atoms in total. The molecular formula is C15H14BrF2N. The van der Waals surface area contributed by atoms with Gasteiger partial charge in [0.15, 0.2) is 0 Å². The summed E-state index contributed by atoms with van der Waals surface area (Å²) in [5, 5.41) is 3.18. The van der Waals surface area contributed by atoms with Crippen LogP contribution in [-0.4, -0.2) is 6.54 Å². The molecular weight excluding hydrogens is 312 g/mol. The molecule has 0 aromatic heterocycles. The van der Waals surface area contributed by atoms with Gasteiger partial charge in [-0.3, -0.25) is 0 Å². The highest BCUT2D eigenvalue weighted by Crippen LogP contribution is 2.28. The van der Waals surface area contributed by atoms with Crippen molar-refractivity contribution in [3.05, 3.63) is 69.7 Å². The Hall–Kier alpha value is -1.26. The van der Waals surface area contributed by atoms with Gasteiger partial charge in [0.05, 0.1) is 10.5 Å². The highest BCUT2D eigenvalue weighted by Gasteiger charge is 2.19. The molecule has 4 heteroatoms. The Morgan fingerprint density at radius 1 is 1.11 bits per heavy atom. The minimum absolute atomic E-state index is 0.136. The second kappa shape index (κ2) is 6.26. The fourth-order valence-electron chi connectivity index (χ4n) is 2.02. The van der Waals surface area contributed by atoms with Crippen LogP contribution in [0.25, 0.3) is 0 Å². The van der Waals surface area contributed by atoms with Crippen LogP contribution in [-0.2, 0) is 0 Å². The molecule has 2 aromatic rings. The van der Waals surface area contributed by atoms with E-state index in [1.807, 2.05) is 37.3 Å². The van der Waals surface area contributed by atoms with E-state index in [0.29, 0.717) is 12.1 Å². The average molecular weight is 326 g/mol. The maximum Gasteiger partial charge on any atom is 0.137 e. The van der Waals surface area contributed by atoms with Gasteiger partial charge >= 0.3 is 0 Å². The van der Waals surface area contributed by atoms with Crippen LogP contribution >= 0.6 is 15.9 Å². The summed E-state index contributed by atoms with van der Waals surface area (Å²) in [6.07, 6.45) is 0. The Bertz CT molecular complexity index is 558. The Morgan fingerprint density at radius 2 is 1.79 bits per heavy atom. The van der Waals surface area contributed by atoms with Crippen LogP contribution in [0.3, 0.4) is 0 Å². The van der Waals surface area contributed by atoms with Crippen molar-refractivity contribution >= 4 is 15.9 Å². The van der Waals surface area contributed by atoms with Crippen LogP contribution in [0.1, 0.15) is 24.1 Å². The van der Waals surface area contributed by atoms with Crippen molar-refractivity contribution in [2.75, 3.05) is 6.54 Å². The second-order valence-electron chi connectivity index (χ2n) is 4.19. The molecule has 0 bridgehead atoms. The van der Waals surface area contributed by atoms with Crippen LogP contribution in [0, 0.1) is 11.6 Å². The first-order valence-electron chi connectivity index (χ1n) is 6.06. The van der Waals surface area contributed by atoms with E-state index in [-0.39, 0.29) is 10.5 Å². The van der Waals surface area contributed by atoms with Gasteiger partial charge in [-0.25, -0.2) is 8.78 Å². The highest BCUT2D eigenvalue weighted by atomic mass is 79.9. The molecule has 2 rings (SSSR count). The summed E-state index contributed by atoms with van der Waals surface area (Å²) in [5.74, 6) is -0.890. The van der Waals surface area contributed by atoms with Crippen molar-refractivity contribution in [2.24, 2.45) is 0 Å². The summed E-state index contributed by atoms with van der Waals surface area (Å²) in [6.45, 7) is 2.60. The van der Waals surface area contributed by atoms with E-state index in [2.05, 4.69) is 21.2 Å². The maximum absolute atomic E-state index is 14.1. The monoisotopic (exact) mass is 325 g/mol. The third-order valence-electron chi connectivity index (χ3n) is 2.89. The third-order valence-corrected chi connectivity index (χ3v) is 3.50. The predicted molar refractivity (Wildman–Crippen MR) is 76.0 cm³/mol. The summed E-state index contributed by atoms with van der Waals surface area (Å²) in [7, 11) is 0. The molecule has 0 aliphatic heterocycles. The third kappa shape index (κ3) is 3.19. The second-order valence-corrected chi connectivity index (χ2v) is 5.04. The van der Waals surface area contributed by atoms with E-state index in [9.17, 15) is 8.78 Å². The number of halogens is 3. The van der Waals surface area contributed by atoms with Crippen molar-refractivity contribution in [3.8, 4) is 0 Å². The lowest BCUT2D eigenvalue weighted by atomic mass is 9.98. The molecule has 100 valence electrons. The minimum Gasteiger partial charge on any atom is -0.306 e. The number of nitrogens with one attached hydrogen (secondary N) is 1. The molecule has 2 aromatic carbocycles. The number of rotatable bonds is 4. The van der Waals surface area contributed by atoms with Crippen molar-refractivity contribution in [2.45, 2.75) is 13.0 Å². The molecule has 0 aliphatic rings. The van der Waals surface area contributed by atoms with Gasteiger partial charge in [-0.15, -0.1) is 0 Å². The van der Waals surface area contributed by atoms with E-state index >= 15 is 0 Å². The van der Waals surface area contributed by atoms with E-state index in [4.69, 9.17) is 0 Å². The molecule has 1 unspecified atom stereocenters. The first kappa shape index (κ1) is 14.2. The molecule has 1 N–H and O–H groups in total. The zero-order valence-corrected chi connectivity index (χ0v) is 12.0. The molecule has 0 amide bonds. The van der Waals surface area contributed by atoms with E-state index in [1.165, 1.54) is 6.07 Å². The van der Waals surface area contributed by atoms with Gasteiger partial charge in [0.2, 0.25) is 0 Å². The quantitative estimate of drug-likeness (QED) is 0.820. The lowest BCUT2D eigenvalue weighted by molar-refractivity contribution is 0.542. The summed E-state index contributed by atoms with van der Waals surface area (Å²) in [4.78, 5) is 0. The zero-order chi connectivity index (χ0) is 13.8. The fraction of sp³-hybridized carbons (Fsp3) is 0.200. The molecule has 19 heavy (non-hydrogen) atoms. The van der Waals surface area contributed by atoms with Crippen LogP contribution in [0.4, 0.5) is 8.78 Å². The predicted octanol–water partition coefficient (Wildman–Crippen LogP) is 4.43. The molecule has 0 radical (unpaired) electrons. The SMILES string of the molecule is CCNC(c1ccccc1)c1cc(F)c(Br)cc1F. The smallest absolute Gasteiger partial charge is 0.137 e. The van der Waals surface area contributed by atoms with Gasteiger partial charge < -0.3 is 5.32 Å². The molecule has 0 spiro atoms. The van der Waals surface area contributed by atoms with Crippen LogP contribution < -0.4 is 5.32 Å². The summed E-state index contributed by atoms with van der Waals surface area (Å²) in [5.41, 5.74) is 1.22. The van der Waals surface area contributed by atoms with Gasteiger partial charge in [-0.2, -0.15) is 0 Å². The van der Waals surface area contributed by atoms with Crippen molar-refractivity contribution in [1.82, 2.24) is 5.32 Å². The topological polar surface area (TPSA) is 12.0 Å². The van der Waals surface area contributed by atoms with Crippen molar-refractivity contribution in [1.29, 1.82) is 0 Å². The molecule has 0 fully saturated rings. The van der Waals surface area contributed by atoms with Gasteiger partial charge in [-0.05, 0) is 40.2 Å². The molecule has 0 heterocycles. The number of hydrogen-bond donors (Lipinski definition) is 1. The summed E-state index contributed by atoms with van der Waals surface area (Å²) in [6, 6.07) is 11.5.